The molecule has 0 saturated heterocycles. The van der Waals surface area contributed by atoms with Gasteiger partial charge in [0.1, 0.15) is 16.9 Å². The van der Waals surface area contributed by atoms with E-state index in [1.165, 1.54) is 0 Å². The van der Waals surface area contributed by atoms with Crippen LogP contribution in [-0.4, -0.2) is 35.0 Å². The van der Waals surface area contributed by atoms with Crippen molar-refractivity contribution in [2.75, 3.05) is 13.2 Å². The molecule has 0 aliphatic carbocycles. The van der Waals surface area contributed by atoms with Gasteiger partial charge in [-0.1, -0.05) is 11.6 Å². The molecule has 0 spiro atoms. The molecule has 0 bridgehead atoms. The normalized spacial score (nSPS) is 12.9. The van der Waals surface area contributed by atoms with E-state index in [2.05, 4.69) is 15.5 Å². The zero-order valence-corrected chi connectivity index (χ0v) is 15.7. The predicted molar refractivity (Wildman–Crippen MR) is 98.1 cm³/mol. The maximum absolute atomic E-state index is 11.6. The van der Waals surface area contributed by atoms with Crippen molar-refractivity contribution >= 4 is 28.6 Å². The molecule has 0 aliphatic rings. The molecule has 0 saturated carbocycles. The SMILES string of the molecule is CC(N)c1cc(Cl)c2cn[nH]c2c1OCCCNC(=O)OC(C)(C)C. The summed E-state index contributed by atoms with van der Waals surface area (Å²) in [6.45, 7) is 8.18. The first-order valence-corrected chi connectivity index (χ1v) is 8.57. The Morgan fingerprint density at radius 2 is 2.20 bits per heavy atom. The number of ether oxygens (including phenoxy) is 2. The van der Waals surface area contributed by atoms with Crippen molar-refractivity contribution in [2.24, 2.45) is 5.73 Å². The zero-order chi connectivity index (χ0) is 18.6. The Morgan fingerprint density at radius 3 is 2.84 bits per heavy atom. The van der Waals surface area contributed by atoms with E-state index in [1.54, 1.807) is 12.3 Å². The topological polar surface area (TPSA) is 102 Å². The summed E-state index contributed by atoms with van der Waals surface area (Å²) in [4.78, 5) is 11.6. The van der Waals surface area contributed by atoms with Gasteiger partial charge in [0.2, 0.25) is 0 Å². The van der Waals surface area contributed by atoms with E-state index in [0.717, 1.165) is 16.5 Å². The fourth-order valence-electron chi connectivity index (χ4n) is 2.31. The quantitative estimate of drug-likeness (QED) is 0.677. The molecule has 4 N–H and O–H groups in total. The first-order chi connectivity index (χ1) is 11.7. The van der Waals surface area contributed by atoms with Gasteiger partial charge in [0.05, 0.1) is 17.8 Å². The molecule has 1 atom stereocenters. The molecule has 138 valence electrons. The van der Waals surface area contributed by atoms with Gasteiger partial charge in [0, 0.05) is 23.5 Å². The molecule has 2 rings (SSSR count). The Labute approximate surface area is 152 Å². The Kier molecular flexibility index (Phi) is 6.13. The van der Waals surface area contributed by atoms with E-state index in [4.69, 9.17) is 26.8 Å². The Bertz CT molecular complexity index is 737. The van der Waals surface area contributed by atoms with Crippen LogP contribution in [0, 0.1) is 0 Å². The summed E-state index contributed by atoms with van der Waals surface area (Å²) in [6.07, 6.45) is 1.83. The van der Waals surface area contributed by atoms with Gasteiger partial charge >= 0.3 is 6.09 Å². The third-order valence-electron chi connectivity index (χ3n) is 3.39. The van der Waals surface area contributed by atoms with Crippen molar-refractivity contribution in [1.29, 1.82) is 0 Å². The number of hydrogen-bond acceptors (Lipinski definition) is 5. The highest BCUT2D eigenvalue weighted by Crippen LogP contribution is 2.36. The molecule has 1 heterocycles. The summed E-state index contributed by atoms with van der Waals surface area (Å²) in [7, 11) is 0. The number of halogens is 1. The molecule has 0 aliphatic heterocycles. The number of benzene rings is 1. The van der Waals surface area contributed by atoms with Gasteiger partial charge in [-0.25, -0.2) is 4.79 Å². The molecular weight excluding hydrogens is 344 g/mol. The van der Waals surface area contributed by atoms with E-state index in [-0.39, 0.29) is 6.04 Å². The number of amides is 1. The number of nitrogens with zero attached hydrogens (tertiary/aromatic N) is 1. The summed E-state index contributed by atoms with van der Waals surface area (Å²) in [6, 6.07) is 1.57. The molecule has 1 unspecified atom stereocenters. The number of nitrogens with one attached hydrogen (secondary N) is 2. The minimum Gasteiger partial charge on any atom is -0.491 e. The third-order valence-corrected chi connectivity index (χ3v) is 3.71. The van der Waals surface area contributed by atoms with Crippen LogP contribution in [-0.2, 0) is 4.74 Å². The number of aromatic amines is 1. The molecule has 7 nitrogen and oxygen atoms in total. The molecule has 1 amide bonds. The number of aromatic nitrogens is 2. The van der Waals surface area contributed by atoms with E-state index < -0.39 is 11.7 Å². The summed E-state index contributed by atoms with van der Waals surface area (Å²) < 4.78 is 11.1. The maximum atomic E-state index is 11.6. The second-order valence-corrected chi connectivity index (χ2v) is 7.26. The number of fused-ring (bicyclic) bond motifs is 1. The van der Waals surface area contributed by atoms with Crippen molar-refractivity contribution < 1.29 is 14.3 Å². The monoisotopic (exact) mass is 368 g/mol. The Hall–Kier alpha value is -1.99. The third kappa shape index (κ3) is 5.24. The standard InChI is InChI=1S/C17H25ClN4O3/c1-10(19)11-8-13(18)12-9-21-22-14(12)15(11)24-7-5-6-20-16(23)25-17(2,3)4/h8-10H,5-7,19H2,1-4H3,(H,20,23)(H,21,22). The van der Waals surface area contributed by atoms with Gasteiger partial charge in [-0.3, -0.25) is 5.10 Å². The average Bonchev–Trinajstić information content (AvgIpc) is 2.96. The lowest BCUT2D eigenvalue weighted by atomic mass is 10.1. The lowest BCUT2D eigenvalue weighted by Crippen LogP contribution is -2.33. The van der Waals surface area contributed by atoms with Crippen LogP contribution in [0.25, 0.3) is 10.9 Å². The van der Waals surface area contributed by atoms with Gasteiger partial charge < -0.3 is 20.5 Å². The molecule has 0 fully saturated rings. The lowest BCUT2D eigenvalue weighted by Gasteiger charge is -2.19. The highest BCUT2D eigenvalue weighted by molar-refractivity contribution is 6.35. The van der Waals surface area contributed by atoms with Gasteiger partial charge in [-0.05, 0) is 40.2 Å². The van der Waals surface area contributed by atoms with Crippen LogP contribution in [0.15, 0.2) is 12.3 Å². The van der Waals surface area contributed by atoms with Crippen LogP contribution >= 0.6 is 11.6 Å². The number of hydrogen-bond donors (Lipinski definition) is 3. The molecule has 8 heteroatoms. The lowest BCUT2D eigenvalue weighted by molar-refractivity contribution is 0.0525. The number of carbonyl (C=O) groups excluding carboxylic acids is 1. The highest BCUT2D eigenvalue weighted by atomic mass is 35.5. The van der Waals surface area contributed by atoms with Gasteiger partial charge in [0.15, 0.2) is 0 Å². The summed E-state index contributed by atoms with van der Waals surface area (Å²) in [5.74, 6) is 0.643. The van der Waals surface area contributed by atoms with Gasteiger partial charge in [-0.2, -0.15) is 5.10 Å². The number of alkyl carbamates (subject to hydrolysis) is 1. The molecule has 2 aromatic rings. The minimum atomic E-state index is -0.512. The smallest absolute Gasteiger partial charge is 0.407 e. The van der Waals surface area contributed by atoms with Crippen molar-refractivity contribution in [3.63, 3.8) is 0 Å². The van der Waals surface area contributed by atoms with Crippen LogP contribution in [0.5, 0.6) is 5.75 Å². The fraction of sp³-hybridized carbons (Fsp3) is 0.529. The van der Waals surface area contributed by atoms with E-state index in [9.17, 15) is 4.79 Å². The van der Waals surface area contributed by atoms with Crippen LogP contribution in [0.2, 0.25) is 5.02 Å². The summed E-state index contributed by atoms with van der Waals surface area (Å²) in [5, 5.41) is 11.0. The highest BCUT2D eigenvalue weighted by Gasteiger charge is 2.17. The molecule has 1 aromatic heterocycles. The molecule has 25 heavy (non-hydrogen) atoms. The number of nitrogens with two attached hydrogens (primary N) is 1. The van der Waals surface area contributed by atoms with E-state index in [1.807, 2.05) is 27.7 Å². The van der Waals surface area contributed by atoms with Crippen LogP contribution in [0.1, 0.15) is 45.7 Å². The van der Waals surface area contributed by atoms with Crippen LogP contribution in [0.4, 0.5) is 4.79 Å². The maximum Gasteiger partial charge on any atom is 0.407 e. The minimum absolute atomic E-state index is 0.236. The predicted octanol–water partition coefficient (Wildman–Crippen LogP) is 3.53. The summed E-state index contributed by atoms with van der Waals surface area (Å²) >= 11 is 6.26. The van der Waals surface area contributed by atoms with Crippen LogP contribution < -0.4 is 15.8 Å². The second-order valence-electron chi connectivity index (χ2n) is 6.85. The van der Waals surface area contributed by atoms with Crippen molar-refractivity contribution in [2.45, 2.75) is 45.8 Å². The number of H-pyrrole nitrogens is 1. The zero-order valence-electron chi connectivity index (χ0n) is 15.0. The van der Waals surface area contributed by atoms with E-state index in [0.29, 0.717) is 30.3 Å². The van der Waals surface area contributed by atoms with Gasteiger partial charge in [-0.15, -0.1) is 0 Å². The second kappa shape index (κ2) is 7.93. The van der Waals surface area contributed by atoms with Crippen molar-refractivity contribution in [1.82, 2.24) is 15.5 Å². The van der Waals surface area contributed by atoms with Crippen LogP contribution in [0.3, 0.4) is 0 Å². The average molecular weight is 369 g/mol. The first kappa shape index (κ1) is 19.3. The summed E-state index contributed by atoms with van der Waals surface area (Å²) in [5.41, 5.74) is 7.04. The fourth-order valence-corrected chi connectivity index (χ4v) is 2.57. The van der Waals surface area contributed by atoms with E-state index >= 15 is 0 Å². The largest absolute Gasteiger partial charge is 0.491 e. The number of rotatable bonds is 6. The van der Waals surface area contributed by atoms with Crippen molar-refractivity contribution in [3.8, 4) is 5.75 Å². The Morgan fingerprint density at radius 1 is 1.48 bits per heavy atom. The molecular formula is C17H25ClN4O3. The van der Waals surface area contributed by atoms with Crippen molar-refractivity contribution in [3.05, 3.63) is 22.8 Å². The molecule has 0 radical (unpaired) electrons. The first-order valence-electron chi connectivity index (χ1n) is 8.19. The number of carbonyl (C=O) groups is 1. The molecule has 1 aromatic carbocycles. The van der Waals surface area contributed by atoms with Gasteiger partial charge in [0.25, 0.3) is 0 Å². The Balaban J connectivity index is 1.95.